The fourth-order valence-electron chi connectivity index (χ4n) is 4.81. The summed E-state index contributed by atoms with van der Waals surface area (Å²) in [4.78, 5) is 22.0. The van der Waals surface area contributed by atoms with Crippen molar-refractivity contribution in [3.63, 3.8) is 0 Å². The van der Waals surface area contributed by atoms with Crippen molar-refractivity contribution in [2.75, 3.05) is 33.3 Å². The van der Waals surface area contributed by atoms with Crippen LogP contribution in [-0.4, -0.2) is 63.8 Å². The Labute approximate surface area is 227 Å². The van der Waals surface area contributed by atoms with E-state index in [0.717, 1.165) is 24.2 Å². The van der Waals surface area contributed by atoms with Crippen molar-refractivity contribution in [2.24, 2.45) is 0 Å². The van der Waals surface area contributed by atoms with E-state index < -0.39 is 6.43 Å². The SMILES string of the molecule is CCOc1cc(CN2CCc3c(cc(CCN(C)CC)cc3-c3cn(CC)nc3C(F)F)C2=O)ncc1C#N. The van der Waals surface area contributed by atoms with Crippen molar-refractivity contribution < 1.29 is 18.3 Å². The fourth-order valence-corrected chi connectivity index (χ4v) is 4.81. The maximum Gasteiger partial charge on any atom is 0.282 e. The highest BCUT2D eigenvalue weighted by Gasteiger charge is 2.30. The van der Waals surface area contributed by atoms with Crippen LogP contribution in [0.15, 0.2) is 30.6 Å². The molecular formula is C29H34F2N6O2. The van der Waals surface area contributed by atoms with Gasteiger partial charge >= 0.3 is 0 Å². The smallest absolute Gasteiger partial charge is 0.282 e. The number of likely N-dealkylation sites (N-methyl/N-ethyl adjacent to an activating group) is 1. The first kappa shape index (κ1) is 28.2. The molecule has 0 fully saturated rings. The molecule has 3 aromatic rings. The van der Waals surface area contributed by atoms with Crippen LogP contribution in [0.2, 0.25) is 0 Å². The van der Waals surface area contributed by atoms with Crippen molar-refractivity contribution in [1.82, 2.24) is 24.6 Å². The molecule has 0 bridgehead atoms. The second-order valence-corrected chi connectivity index (χ2v) is 9.59. The summed E-state index contributed by atoms with van der Waals surface area (Å²) in [5.74, 6) is 0.265. The Balaban J connectivity index is 1.74. The molecule has 0 aliphatic carbocycles. The lowest BCUT2D eigenvalue weighted by Crippen LogP contribution is -2.37. The minimum Gasteiger partial charge on any atom is -0.492 e. The maximum atomic E-state index is 14.0. The second kappa shape index (κ2) is 12.3. The van der Waals surface area contributed by atoms with Crippen LogP contribution >= 0.6 is 0 Å². The third-order valence-electron chi connectivity index (χ3n) is 7.09. The highest BCUT2D eigenvalue weighted by atomic mass is 19.3. The number of aryl methyl sites for hydroxylation is 1. The molecule has 1 aliphatic rings. The monoisotopic (exact) mass is 536 g/mol. The predicted molar refractivity (Wildman–Crippen MR) is 144 cm³/mol. The number of pyridine rings is 1. The number of alkyl halides is 2. The van der Waals surface area contributed by atoms with Gasteiger partial charge in [0.2, 0.25) is 0 Å². The number of ether oxygens (including phenoxy) is 1. The molecule has 1 amide bonds. The highest BCUT2D eigenvalue weighted by molar-refractivity contribution is 5.99. The summed E-state index contributed by atoms with van der Waals surface area (Å²) in [5.41, 5.74) is 3.93. The van der Waals surface area contributed by atoms with Gasteiger partial charge in [0, 0.05) is 49.2 Å². The number of nitriles is 1. The van der Waals surface area contributed by atoms with Gasteiger partial charge < -0.3 is 14.5 Å². The van der Waals surface area contributed by atoms with Crippen molar-refractivity contribution in [1.29, 1.82) is 5.26 Å². The lowest BCUT2D eigenvalue weighted by molar-refractivity contribution is 0.0724. The summed E-state index contributed by atoms with van der Waals surface area (Å²) in [7, 11) is 2.02. The lowest BCUT2D eigenvalue weighted by Gasteiger charge is -2.30. The summed E-state index contributed by atoms with van der Waals surface area (Å²) >= 11 is 0. The van der Waals surface area contributed by atoms with E-state index in [1.807, 2.05) is 33.0 Å². The topological polar surface area (TPSA) is 87.3 Å². The van der Waals surface area contributed by atoms with E-state index in [9.17, 15) is 18.8 Å². The molecule has 206 valence electrons. The van der Waals surface area contributed by atoms with E-state index in [0.29, 0.717) is 66.2 Å². The third kappa shape index (κ3) is 6.09. The zero-order chi connectivity index (χ0) is 28.1. The molecule has 4 rings (SSSR count). The molecule has 0 atom stereocenters. The van der Waals surface area contributed by atoms with Gasteiger partial charge in [0.1, 0.15) is 23.1 Å². The number of aromatic nitrogens is 3. The lowest BCUT2D eigenvalue weighted by atomic mass is 9.87. The number of amides is 1. The number of nitrogens with zero attached hydrogens (tertiary/aromatic N) is 6. The van der Waals surface area contributed by atoms with Gasteiger partial charge in [-0.05, 0) is 63.0 Å². The number of hydrogen-bond donors (Lipinski definition) is 0. The van der Waals surface area contributed by atoms with Crippen molar-refractivity contribution in [2.45, 2.75) is 53.1 Å². The molecule has 10 heteroatoms. The Morgan fingerprint density at radius 2 is 1.95 bits per heavy atom. The van der Waals surface area contributed by atoms with Crippen molar-refractivity contribution in [3.05, 3.63) is 64.2 Å². The summed E-state index contributed by atoms with van der Waals surface area (Å²) in [6.07, 6.45) is 1.58. The van der Waals surface area contributed by atoms with Crippen LogP contribution in [0.3, 0.4) is 0 Å². The third-order valence-corrected chi connectivity index (χ3v) is 7.09. The predicted octanol–water partition coefficient (Wildman–Crippen LogP) is 4.87. The first-order valence-electron chi connectivity index (χ1n) is 13.3. The van der Waals surface area contributed by atoms with Crippen LogP contribution in [0, 0.1) is 11.3 Å². The van der Waals surface area contributed by atoms with E-state index >= 15 is 0 Å². The van der Waals surface area contributed by atoms with E-state index in [1.165, 1.54) is 10.9 Å². The molecular weight excluding hydrogens is 502 g/mol. The number of fused-ring (bicyclic) bond motifs is 1. The number of carbonyl (C=O) groups is 1. The molecule has 0 spiro atoms. The van der Waals surface area contributed by atoms with Crippen LogP contribution in [-0.2, 0) is 25.9 Å². The molecule has 8 nitrogen and oxygen atoms in total. The minimum atomic E-state index is -2.73. The normalized spacial score (nSPS) is 13.2. The Kier molecular flexibility index (Phi) is 8.92. The van der Waals surface area contributed by atoms with Gasteiger partial charge in [0.15, 0.2) is 0 Å². The average molecular weight is 537 g/mol. The molecule has 2 aromatic heterocycles. The number of halogens is 2. The first-order valence-corrected chi connectivity index (χ1v) is 13.3. The summed E-state index contributed by atoms with van der Waals surface area (Å²) in [6, 6.07) is 7.62. The van der Waals surface area contributed by atoms with Crippen LogP contribution in [0.1, 0.15) is 65.6 Å². The molecule has 39 heavy (non-hydrogen) atoms. The van der Waals surface area contributed by atoms with Gasteiger partial charge in [0.25, 0.3) is 12.3 Å². The van der Waals surface area contributed by atoms with Crippen LogP contribution in [0.4, 0.5) is 8.78 Å². The number of carbonyl (C=O) groups excluding carboxylic acids is 1. The maximum absolute atomic E-state index is 14.0. The highest BCUT2D eigenvalue weighted by Crippen LogP contribution is 2.37. The zero-order valence-electron chi connectivity index (χ0n) is 22.9. The number of rotatable bonds is 11. The molecule has 0 saturated carbocycles. The Morgan fingerprint density at radius 3 is 2.62 bits per heavy atom. The van der Waals surface area contributed by atoms with Crippen LogP contribution < -0.4 is 4.74 Å². The largest absolute Gasteiger partial charge is 0.492 e. The average Bonchev–Trinajstić information content (AvgIpc) is 3.38. The summed E-state index contributed by atoms with van der Waals surface area (Å²) in [6.45, 7) is 8.95. The van der Waals surface area contributed by atoms with Crippen molar-refractivity contribution in [3.8, 4) is 22.9 Å². The quantitative estimate of drug-likeness (QED) is 0.348. The molecule has 3 heterocycles. The molecule has 0 saturated heterocycles. The minimum absolute atomic E-state index is 0.172. The van der Waals surface area contributed by atoms with Crippen molar-refractivity contribution >= 4 is 5.91 Å². The van der Waals surface area contributed by atoms with Gasteiger partial charge in [-0.25, -0.2) is 8.78 Å². The summed E-state index contributed by atoms with van der Waals surface area (Å²) in [5, 5.41) is 13.4. The molecule has 1 aromatic carbocycles. The number of benzene rings is 1. The van der Waals surface area contributed by atoms with Crippen LogP contribution in [0.25, 0.3) is 11.1 Å². The van der Waals surface area contributed by atoms with Gasteiger partial charge in [-0.3, -0.25) is 14.5 Å². The van der Waals surface area contributed by atoms with Gasteiger partial charge in [-0.1, -0.05) is 13.0 Å². The Morgan fingerprint density at radius 1 is 1.18 bits per heavy atom. The van der Waals surface area contributed by atoms with E-state index in [-0.39, 0.29) is 18.1 Å². The summed E-state index contributed by atoms with van der Waals surface area (Å²) < 4.78 is 35.1. The molecule has 1 aliphatic heterocycles. The number of hydrogen-bond acceptors (Lipinski definition) is 6. The van der Waals surface area contributed by atoms with Crippen LogP contribution in [0.5, 0.6) is 5.75 Å². The molecule has 0 N–H and O–H groups in total. The van der Waals surface area contributed by atoms with E-state index in [1.54, 1.807) is 17.2 Å². The fraction of sp³-hybridized carbons (Fsp3) is 0.448. The van der Waals surface area contributed by atoms with Gasteiger partial charge in [-0.15, -0.1) is 0 Å². The van der Waals surface area contributed by atoms with Gasteiger partial charge in [-0.2, -0.15) is 10.4 Å². The first-order chi connectivity index (χ1) is 18.8. The zero-order valence-corrected chi connectivity index (χ0v) is 22.9. The van der Waals surface area contributed by atoms with Gasteiger partial charge in [0.05, 0.1) is 18.8 Å². The Hall–Kier alpha value is -3.84. The van der Waals surface area contributed by atoms with E-state index in [2.05, 4.69) is 28.0 Å². The standard InChI is InChI=1S/C29H34F2N6O2/c1-5-35(4)10-8-19-12-23(25-18-37(6-2)34-27(25)28(30)31)22-9-11-36(29(38)24(22)13-19)17-21-14-26(39-7-3)20(15-32)16-33-21/h12-14,16,18,28H,5-11,17H2,1-4H3. The van der Waals surface area contributed by atoms with E-state index in [4.69, 9.17) is 4.74 Å². The Bertz CT molecular complexity index is 1380. The second-order valence-electron chi connectivity index (χ2n) is 9.59. The molecule has 0 unspecified atom stereocenters. The molecule has 0 radical (unpaired) electrons.